The number of likely N-dealkylation sites (tertiary alicyclic amines) is 1. The maximum absolute atomic E-state index is 11.5. The lowest BCUT2D eigenvalue weighted by Crippen LogP contribution is -2.29. The Labute approximate surface area is 88.6 Å². The van der Waals surface area contributed by atoms with Crippen molar-refractivity contribution in [2.24, 2.45) is 0 Å². The summed E-state index contributed by atoms with van der Waals surface area (Å²) in [5, 5.41) is 9.39. The second kappa shape index (κ2) is 3.98. The number of β-amino-alcohol motifs (C(OH)–C–C–N with tert-alkyl or cyclic N) is 1. The molecule has 2 rings (SSSR count). The first kappa shape index (κ1) is 10.1. The highest BCUT2D eigenvalue weighted by Crippen LogP contribution is 2.24. The topological polar surface area (TPSA) is 53.4 Å². The summed E-state index contributed by atoms with van der Waals surface area (Å²) in [7, 11) is 0. The molecule has 1 aliphatic heterocycles. The van der Waals surface area contributed by atoms with E-state index in [1.54, 1.807) is 17.3 Å². The number of nitrogens with zero attached hydrogens (tertiary/aromatic N) is 2. The lowest BCUT2D eigenvalue weighted by molar-refractivity contribution is -0.129. The molecule has 0 spiro atoms. The molecule has 15 heavy (non-hydrogen) atoms. The Morgan fingerprint density at radius 3 is 3.00 bits per heavy atom. The highest BCUT2D eigenvalue weighted by atomic mass is 16.3. The van der Waals surface area contributed by atoms with Crippen LogP contribution in [0.15, 0.2) is 24.5 Å². The lowest BCUT2D eigenvalue weighted by Gasteiger charge is -2.24. The maximum atomic E-state index is 11.5. The summed E-state index contributed by atoms with van der Waals surface area (Å²) in [6.45, 7) is 2.38. The predicted molar refractivity (Wildman–Crippen MR) is 55.0 cm³/mol. The van der Waals surface area contributed by atoms with Gasteiger partial charge in [0.15, 0.2) is 0 Å². The van der Waals surface area contributed by atoms with Crippen LogP contribution in [0.4, 0.5) is 0 Å². The average Bonchev–Trinajstić information content (AvgIpc) is 2.58. The van der Waals surface area contributed by atoms with Gasteiger partial charge in [-0.15, -0.1) is 0 Å². The molecule has 1 saturated heterocycles. The fourth-order valence-electron chi connectivity index (χ4n) is 1.89. The van der Waals surface area contributed by atoms with E-state index in [-0.39, 0.29) is 18.4 Å². The molecule has 0 radical (unpaired) electrons. The summed E-state index contributed by atoms with van der Waals surface area (Å²) in [4.78, 5) is 17.3. The van der Waals surface area contributed by atoms with Crippen molar-refractivity contribution in [3.05, 3.63) is 30.1 Å². The van der Waals surface area contributed by atoms with Crippen molar-refractivity contribution in [3.63, 3.8) is 0 Å². The fraction of sp³-hybridized carbons (Fsp3) is 0.455. The summed E-state index contributed by atoms with van der Waals surface area (Å²) >= 11 is 0. The van der Waals surface area contributed by atoms with E-state index in [0.717, 1.165) is 5.56 Å². The Hall–Kier alpha value is -1.42. The number of hydrogen-bond donors (Lipinski definition) is 1. The molecule has 0 aromatic carbocycles. The van der Waals surface area contributed by atoms with Crippen molar-refractivity contribution in [3.8, 4) is 0 Å². The van der Waals surface area contributed by atoms with Gasteiger partial charge < -0.3 is 10.0 Å². The molecule has 0 aliphatic carbocycles. The van der Waals surface area contributed by atoms with E-state index in [9.17, 15) is 9.90 Å². The van der Waals surface area contributed by atoms with Crippen molar-refractivity contribution in [2.75, 3.05) is 6.54 Å². The van der Waals surface area contributed by atoms with Crippen LogP contribution in [0.25, 0.3) is 0 Å². The zero-order valence-electron chi connectivity index (χ0n) is 8.63. The van der Waals surface area contributed by atoms with Gasteiger partial charge in [0, 0.05) is 18.9 Å². The SMILES string of the molecule is CC(c1cccnc1)N1CC(O)CC1=O. The molecule has 1 N–H and O–H groups in total. The summed E-state index contributed by atoms with van der Waals surface area (Å²) in [6.07, 6.45) is 3.18. The van der Waals surface area contributed by atoms with Crippen LogP contribution in [-0.2, 0) is 4.79 Å². The first-order chi connectivity index (χ1) is 7.18. The van der Waals surface area contributed by atoms with Gasteiger partial charge in [0.25, 0.3) is 0 Å². The first-order valence-corrected chi connectivity index (χ1v) is 5.06. The second-order valence-corrected chi connectivity index (χ2v) is 3.87. The minimum absolute atomic E-state index is 0.0108. The van der Waals surface area contributed by atoms with Crippen LogP contribution in [0.3, 0.4) is 0 Å². The van der Waals surface area contributed by atoms with Gasteiger partial charge in [-0.25, -0.2) is 0 Å². The molecule has 0 saturated carbocycles. The van der Waals surface area contributed by atoms with Crippen molar-refractivity contribution in [1.82, 2.24) is 9.88 Å². The van der Waals surface area contributed by atoms with Gasteiger partial charge in [-0.1, -0.05) is 6.07 Å². The van der Waals surface area contributed by atoms with E-state index < -0.39 is 6.10 Å². The highest BCUT2D eigenvalue weighted by molar-refractivity contribution is 5.79. The van der Waals surface area contributed by atoms with Gasteiger partial charge in [-0.3, -0.25) is 9.78 Å². The summed E-state index contributed by atoms with van der Waals surface area (Å²) in [5.74, 6) is 0.0128. The first-order valence-electron chi connectivity index (χ1n) is 5.06. The molecular weight excluding hydrogens is 192 g/mol. The van der Waals surface area contributed by atoms with E-state index in [4.69, 9.17) is 0 Å². The van der Waals surface area contributed by atoms with Gasteiger partial charge in [0.05, 0.1) is 18.6 Å². The van der Waals surface area contributed by atoms with E-state index in [2.05, 4.69) is 4.98 Å². The van der Waals surface area contributed by atoms with E-state index >= 15 is 0 Å². The number of aliphatic hydroxyl groups is 1. The van der Waals surface area contributed by atoms with E-state index in [1.165, 1.54) is 0 Å². The Morgan fingerprint density at radius 2 is 2.47 bits per heavy atom. The van der Waals surface area contributed by atoms with Crippen LogP contribution in [-0.4, -0.2) is 33.5 Å². The van der Waals surface area contributed by atoms with Gasteiger partial charge in [-0.2, -0.15) is 0 Å². The number of carbonyl (C=O) groups is 1. The molecule has 1 aromatic rings. The molecule has 2 atom stereocenters. The Balaban J connectivity index is 2.15. The standard InChI is InChI=1S/C11H14N2O2/c1-8(9-3-2-4-12-6-9)13-7-10(14)5-11(13)15/h2-4,6,8,10,14H,5,7H2,1H3. The van der Waals surface area contributed by atoms with Gasteiger partial charge >= 0.3 is 0 Å². The second-order valence-electron chi connectivity index (χ2n) is 3.87. The van der Waals surface area contributed by atoms with Gasteiger partial charge in [-0.05, 0) is 18.6 Å². The zero-order valence-corrected chi connectivity index (χ0v) is 8.63. The molecule has 1 fully saturated rings. The third-order valence-electron chi connectivity index (χ3n) is 2.77. The van der Waals surface area contributed by atoms with Crippen LogP contribution in [0.2, 0.25) is 0 Å². The molecule has 4 heteroatoms. The van der Waals surface area contributed by atoms with Gasteiger partial charge in [0.1, 0.15) is 0 Å². The van der Waals surface area contributed by atoms with E-state index in [0.29, 0.717) is 6.54 Å². The summed E-state index contributed by atoms with van der Waals surface area (Å²) in [5.41, 5.74) is 1.000. The maximum Gasteiger partial charge on any atom is 0.225 e. The Morgan fingerprint density at radius 1 is 1.67 bits per heavy atom. The molecule has 1 amide bonds. The quantitative estimate of drug-likeness (QED) is 0.776. The third-order valence-corrected chi connectivity index (χ3v) is 2.77. The van der Waals surface area contributed by atoms with Crippen LogP contribution in [0.1, 0.15) is 24.9 Å². The molecule has 0 bridgehead atoms. The molecule has 1 aliphatic rings. The largest absolute Gasteiger partial charge is 0.391 e. The number of carbonyl (C=O) groups excluding carboxylic acids is 1. The number of rotatable bonds is 2. The normalized spacial score (nSPS) is 23.2. The Bertz CT molecular complexity index is 353. The monoisotopic (exact) mass is 206 g/mol. The zero-order chi connectivity index (χ0) is 10.8. The highest BCUT2D eigenvalue weighted by Gasteiger charge is 2.31. The van der Waals surface area contributed by atoms with Crippen LogP contribution in [0, 0.1) is 0 Å². The van der Waals surface area contributed by atoms with Gasteiger partial charge in [0.2, 0.25) is 5.91 Å². The van der Waals surface area contributed by atoms with Crippen LogP contribution >= 0.6 is 0 Å². The molecule has 2 heterocycles. The third kappa shape index (κ3) is 1.99. The number of hydrogen-bond acceptors (Lipinski definition) is 3. The summed E-state index contributed by atoms with van der Waals surface area (Å²) < 4.78 is 0. The molecule has 1 aromatic heterocycles. The predicted octanol–water partition coefficient (Wildman–Crippen LogP) is 0.736. The number of pyridine rings is 1. The van der Waals surface area contributed by atoms with E-state index in [1.807, 2.05) is 19.1 Å². The minimum Gasteiger partial charge on any atom is -0.391 e. The van der Waals surface area contributed by atoms with Crippen LogP contribution < -0.4 is 0 Å². The summed E-state index contributed by atoms with van der Waals surface area (Å²) in [6, 6.07) is 3.78. The van der Waals surface area contributed by atoms with Crippen molar-refractivity contribution < 1.29 is 9.90 Å². The number of aliphatic hydroxyl groups excluding tert-OH is 1. The number of amides is 1. The molecule has 2 unspecified atom stereocenters. The minimum atomic E-state index is -0.517. The molecule has 80 valence electrons. The lowest BCUT2D eigenvalue weighted by atomic mass is 10.1. The Kier molecular flexibility index (Phi) is 2.68. The van der Waals surface area contributed by atoms with Crippen molar-refractivity contribution >= 4 is 5.91 Å². The molecular formula is C11H14N2O2. The van der Waals surface area contributed by atoms with Crippen molar-refractivity contribution in [1.29, 1.82) is 0 Å². The van der Waals surface area contributed by atoms with Crippen LogP contribution in [0.5, 0.6) is 0 Å². The fourth-order valence-corrected chi connectivity index (χ4v) is 1.89. The average molecular weight is 206 g/mol. The molecule has 4 nitrogen and oxygen atoms in total. The van der Waals surface area contributed by atoms with Crippen molar-refractivity contribution in [2.45, 2.75) is 25.5 Å². The number of aromatic nitrogens is 1. The smallest absolute Gasteiger partial charge is 0.225 e.